The van der Waals surface area contributed by atoms with Crippen molar-refractivity contribution in [1.29, 1.82) is 0 Å². The van der Waals surface area contributed by atoms with Gasteiger partial charge in [-0.15, -0.1) is 0 Å². The molecule has 2 atom stereocenters. The van der Waals surface area contributed by atoms with Gasteiger partial charge in [-0.05, 0) is 86.3 Å². The summed E-state index contributed by atoms with van der Waals surface area (Å²) in [5.74, 6) is 0.646. The smallest absolute Gasteiger partial charge is 0.224 e. The van der Waals surface area contributed by atoms with E-state index in [2.05, 4.69) is 61.8 Å². The molecule has 0 aromatic heterocycles. The number of allylic oxidation sites excluding steroid dienone is 2. The van der Waals surface area contributed by atoms with Crippen LogP contribution in [0.2, 0.25) is 0 Å². The number of nitrogens with zero attached hydrogens (tertiary/aromatic N) is 1. The van der Waals surface area contributed by atoms with Gasteiger partial charge in [0.1, 0.15) is 0 Å². The number of benzene rings is 2. The van der Waals surface area contributed by atoms with Gasteiger partial charge in [0.05, 0.1) is 0 Å². The molecule has 2 aliphatic heterocycles. The number of rotatable bonds is 7. The lowest BCUT2D eigenvalue weighted by Crippen LogP contribution is -2.16. The highest BCUT2D eigenvalue weighted by atomic mass is 16.5. The third-order valence-corrected chi connectivity index (χ3v) is 6.69. The number of ether oxygens (including phenoxy) is 1. The highest BCUT2D eigenvalue weighted by Crippen LogP contribution is 2.34. The van der Waals surface area contributed by atoms with E-state index in [0.717, 1.165) is 44.4 Å². The fourth-order valence-corrected chi connectivity index (χ4v) is 4.62. The number of hydrogen-bond acceptors (Lipinski definition) is 3. The molecule has 4 heteroatoms. The lowest BCUT2D eigenvalue weighted by Gasteiger charge is -2.22. The highest BCUT2D eigenvalue weighted by Gasteiger charge is 2.21. The van der Waals surface area contributed by atoms with Crippen LogP contribution in [0.1, 0.15) is 60.3 Å². The van der Waals surface area contributed by atoms with Crippen LogP contribution in [-0.4, -0.2) is 25.3 Å². The second-order valence-corrected chi connectivity index (χ2v) is 9.10. The van der Waals surface area contributed by atoms with Crippen LogP contribution in [0.4, 0.5) is 5.69 Å². The van der Waals surface area contributed by atoms with Crippen LogP contribution < -0.4 is 5.32 Å². The van der Waals surface area contributed by atoms with Crippen LogP contribution in [0.25, 0.3) is 0 Å². The van der Waals surface area contributed by atoms with Crippen molar-refractivity contribution in [3.05, 3.63) is 76.5 Å². The van der Waals surface area contributed by atoms with Gasteiger partial charge in [0.15, 0.2) is 0 Å². The zero-order chi connectivity index (χ0) is 22.3. The molecule has 2 aliphatic rings. The normalized spacial score (nSPS) is 19.3. The number of carbonyl (C=O) groups is 1. The number of anilines is 1. The number of hydrogen-bond donors (Lipinski definition) is 1. The Hall–Kier alpha value is -2.72. The van der Waals surface area contributed by atoms with E-state index >= 15 is 0 Å². The van der Waals surface area contributed by atoms with Crippen molar-refractivity contribution >= 4 is 17.8 Å². The number of carbonyl (C=O) groups excluding carboxylic acids is 1. The van der Waals surface area contributed by atoms with Gasteiger partial charge in [0, 0.05) is 43.2 Å². The van der Waals surface area contributed by atoms with Gasteiger partial charge in [-0.2, -0.15) is 0 Å². The molecule has 0 spiro atoms. The quantitative estimate of drug-likeness (QED) is 0.574. The van der Waals surface area contributed by atoms with Crippen LogP contribution in [0.5, 0.6) is 0 Å². The molecule has 2 aromatic carbocycles. The Morgan fingerprint density at radius 2 is 2.00 bits per heavy atom. The molecule has 1 saturated heterocycles. The molecule has 2 aromatic rings. The maximum Gasteiger partial charge on any atom is 0.224 e. The Bertz CT molecular complexity index is 985. The monoisotopic (exact) mass is 430 g/mol. The summed E-state index contributed by atoms with van der Waals surface area (Å²) in [5.41, 5.74) is 7.29. The average Bonchev–Trinajstić information content (AvgIpc) is 3.14. The number of nitrogens with one attached hydrogen (secondary N) is 1. The summed E-state index contributed by atoms with van der Waals surface area (Å²) in [7, 11) is 0. The summed E-state index contributed by atoms with van der Waals surface area (Å²) in [6.07, 6.45) is 10.1. The Labute approximate surface area is 191 Å². The summed E-state index contributed by atoms with van der Waals surface area (Å²) < 4.78 is 5.38. The molecule has 4 nitrogen and oxygen atoms in total. The van der Waals surface area contributed by atoms with E-state index in [9.17, 15) is 4.79 Å². The zero-order valence-corrected chi connectivity index (χ0v) is 19.3. The standard InChI is InChI=1S/C28H34N2O2/c1-20-7-6-8-25(21(20)2)26(27-9-4-3-5-15-29-27)17-22-10-12-24(13-11-22)30-28(31)18-23-14-16-32-19-23/h6-13,15,23,26H,3-5,14,16-19H2,1-2H3,(H,30,31). The third kappa shape index (κ3) is 5.74. The first kappa shape index (κ1) is 22.5. The van der Waals surface area contributed by atoms with Crippen molar-refractivity contribution in [3.63, 3.8) is 0 Å². The fraction of sp³-hybridized carbons (Fsp3) is 0.429. The van der Waals surface area contributed by atoms with E-state index in [1.165, 1.54) is 28.0 Å². The molecule has 1 N–H and O–H groups in total. The Morgan fingerprint density at radius 1 is 1.16 bits per heavy atom. The zero-order valence-electron chi connectivity index (χ0n) is 19.3. The van der Waals surface area contributed by atoms with E-state index in [4.69, 9.17) is 9.73 Å². The predicted octanol–water partition coefficient (Wildman–Crippen LogP) is 6.13. The number of aryl methyl sites for hydroxylation is 1. The molecular formula is C28H34N2O2. The minimum absolute atomic E-state index is 0.0689. The van der Waals surface area contributed by atoms with Gasteiger partial charge in [0.25, 0.3) is 0 Å². The molecule has 0 bridgehead atoms. The molecule has 2 unspecified atom stereocenters. The lowest BCUT2D eigenvalue weighted by atomic mass is 9.85. The van der Waals surface area contributed by atoms with Gasteiger partial charge >= 0.3 is 0 Å². The van der Waals surface area contributed by atoms with Crippen molar-refractivity contribution in [1.82, 2.24) is 0 Å². The van der Waals surface area contributed by atoms with Crippen molar-refractivity contribution in [3.8, 4) is 0 Å². The topological polar surface area (TPSA) is 50.7 Å². The lowest BCUT2D eigenvalue weighted by molar-refractivity contribution is -0.117. The van der Waals surface area contributed by atoms with Crippen molar-refractivity contribution in [2.45, 2.75) is 58.3 Å². The second kappa shape index (κ2) is 10.7. The summed E-state index contributed by atoms with van der Waals surface area (Å²) in [6.45, 7) is 5.86. The van der Waals surface area contributed by atoms with Gasteiger partial charge in [0.2, 0.25) is 5.91 Å². The van der Waals surface area contributed by atoms with Gasteiger partial charge < -0.3 is 10.1 Å². The Balaban J connectivity index is 1.50. The molecule has 4 rings (SSSR count). The Morgan fingerprint density at radius 3 is 2.78 bits per heavy atom. The van der Waals surface area contributed by atoms with E-state index < -0.39 is 0 Å². The first-order valence-corrected chi connectivity index (χ1v) is 11.9. The molecule has 168 valence electrons. The largest absolute Gasteiger partial charge is 0.381 e. The van der Waals surface area contributed by atoms with Crippen LogP contribution in [0.15, 0.2) is 59.2 Å². The van der Waals surface area contributed by atoms with E-state index in [0.29, 0.717) is 18.9 Å². The number of amides is 1. The van der Waals surface area contributed by atoms with Crippen LogP contribution in [0.3, 0.4) is 0 Å². The minimum atomic E-state index is 0.0689. The van der Waals surface area contributed by atoms with Gasteiger partial charge in [-0.3, -0.25) is 9.79 Å². The molecule has 1 fully saturated rings. The van der Waals surface area contributed by atoms with E-state index in [-0.39, 0.29) is 11.8 Å². The number of aliphatic imine (C=N–C) groups is 1. The molecule has 32 heavy (non-hydrogen) atoms. The molecule has 1 amide bonds. The first-order chi connectivity index (χ1) is 15.6. The highest BCUT2D eigenvalue weighted by molar-refractivity contribution is 5.90. The van der Waals surface area contributed by atoms with E-state index in [1.54, 1.807) is 0 Å². The predicted molar refractivity (Wildman–Crippen MR) is 131 cm³/mol. The summed E-state index contributed by atoms with van der Waals surface area (Å²) in [6, 6.07) is 14.9. The van der Waals surface area contributed by atoms with Crippen LogP contribution in [0, 0.1) is 19.8 Å². The van der Waals surface area contributed by atoms with E-state index in [1.807, 2.05) is 12.1 Å². The summed E-state index contributed by atoms with van der Waals surface area (Å²) in [5, 5.41) is 3.04. The average molecular weight is 431 g/mol. The maximum absolute atomic E-state index is 12.3. The Kier molecular flexibility index (Phi) is 7.54. The van der Waals surface area contributed by atoms with Crippen LogP contribution >= 0.6 is 0 Å². The summed E-state index contributed by atoms with van der Waals surface area (Å²) in [4.78, 5) is 17.2. The van der Waals surface area contributed by atoms with Crippen molar-refractivity contribution < 1.29 is 9.53 Å². The third-order valence-electron chi connectivity index (χ3n) is 6.69. The minimum Gasteiger partial charge on any atom is -0.381 e. The van der Waals surface area contributed by atoms with Gasteiger partial charge in [-0.1, -0.05) is 36.4 Å². The first-order valence-electron chi connectivity index (χ1n) is 11.9. The molecule has 2 heterocycles. The SMILES string of the molecule is Cc1cccc(C(Cc2ccc(NC(=O)CC3CCOC3)cc2)C2=CCCCC=N2)c1C. The second-order valence-electron chi connectivity index (χ2n) is 9.10. The van der Waals surface area contributed by atoms with Crippen LogP contribution in [-0.2, 0) is 16.0 Å². The molecule has 0 saturated carbocycles. The molecule has 0 radical (unpaired) electrons. The van der Waals surface area contributed by atoms with Crippen molar-refractivity contribution in [2.75, 3.05) is 18.5 Å². The van der Waals surface area contributed by atoms with Crippen molar-refractivity contribution in [2.24, 2.45) is 10.9 Å². The molecular weight excluding hydrogens is 396 g/mol. The van der Waals surface area contributed by atoms with Gasteiger partial charge in [-0.25, -0.2) is 0 Å². The summed E-state index contributed by atoms with van der Waals surface area (Å²) >= 11 is 0. The fourth-order valence-electron chi connectivity index (χ4n) is 4.62. The molecule has 0 aliphatic carbocycles. The maximum atomic E-state index is 12.3.